The average Bonchev–Trinajstić information content (AvgIpc) is 2.91. The summed E-state index contributed by atoms with van der Waals surface area (Å²) >= 11 is 0. The zero-order valence-corrected chi connectivity index (χ0v) is 23.7. The molecule has 1 unspecified atom stereocenters. The highest BCUT2D eigenvalue weighted by Gasteiger charge is 2.35. The molecular formula is C30H35F3N4O5. The molecule has 0 aromatic heterocycles. The van der Waals surface area contributed by atoms with Gasteiger partial charge in [-0.1, -0.05) is 32.9 Å². The second kappa shape index (κ2) is 13.6. The van der Waals surface area contributed by atoms with Crippen molar-refractivity contribution in [2.45, 2.75) is 65.3 Å². The van der Waals surface area contributed by atoms with Gasteiger partial charge in [0.05, 0.1) is 18.0 Å². The first-order valence-corrected chi connectivity index (χ1v) is 13.6. The van der Waals surface area contributed by atoms with E-state index in [1.54, 1.807) is 30.3 Å². The molecule has 226 valence electrons. The van der Waals surface area contributed by atoms with E-state index in [1.165, 1.54) is 6.07 Å². The molecule has 1 aliphatic carbocycles. The van der Waals surface area contributed by atoms with E-state index in [9.17, 15) is 32.8 Å². The Bertz CT molecular complexity index is 1310. The number of hydrogen-bond acceptors (Lipinski definition) is 5. The molecule has 0 saturated heterocycles. The molecule has 0 heterocycles. The lowest BCUT2D eigenvalue weighted by molar-refractivity contribution is -0.274. The fourth-order valence-corrected chi connectivity index (χ4v) is 5.24. The van der Waals surface area contributed by atoms with E-state index >= 15 is 0 Å². The molecular weight excluding hydrogens is 553 g/mol. The molecule has 0 radical (unpaired) electrons. The number of aliphatic carboxylic acids is 1. The van der Waals surface area contributed by atoms with E-state index in [-0.39, 0.29) is 35.5 Å². The number of nitriles is 1. The SMILES string of the molecule is CC(C)(C)[C@H]1CC[C@H](C(NC(=O)Nc2ccc(OC(F)(F)F)c(C#N)c2)c2ccc(C(=O)NCCC(=O)O)cc2)CC1. The van der Waals surface area contributed by atoms with Crippen LogP contribution in [0.15, 0.2) is 42.5 Å². The summed E-state index contributed by atoms with van der Waals surface area (Å²) in [6.07, 6.45) is -1.50. The molecule has 1 aliphatic rings. The Kier molecular flexibility index (Phi) is 10.4. The number of carbonyl (C=O) groups excluding carboxylic acids is 2. The molecule has 2 aromatic rings. The summed E-state index contributed by atoms with van der Waals surface area (Å²) in [6, 6.07) is 10.6. The average molecular weight is 589 g/mol. The molecule has 4 N–H and O–H groups in total. The van der Waals surface area contributed by atoms with Crippen LogP contribution in [-0.2, 0) is 4.79 Å². The van der Waals surface area contributed by atoms with Crippen LogP contribution in [0.3, 0.4) is 0 Å². The summed E-state index contributed by atoms with van der Waals surface area (Å²) in [6.45, 7) is 6.62. The Labute approximate surface area is 242 Å². The van der Waals surface area contributed by atoms with Crippen LogP contribution in [0.4, 0.5) is 23.7 Å². The van der Waals surface area contributed by atoms with Crippen molar-refractivity contribution >= 4 is 23.6 Å². The van der Waals surface area contributed by atoms with Gasteiger partial charge >= 0.3 is 18.4 Å². The lowest BCUT2D eigenvalue weighted by atomic mass is 9.68. The zero-order chi connectivity index (χ0) is 31.1. The van der Waals surface area contributed by atoms with E-state index < -0.39 is 36.1 Å². The Morgan fingerprint density at radius 3 is 2.24 bits per heavy atom. The van der Waals surface area contributed by atoms with Gasteiger partial charge in [0.2, 0.25) is 0 Å². The summed E-state index contributed by atoms with van der Waals surface area (Å²) < 4.78 is 41.8. The van der Waals surface area contributed by atoms with Crippen LogP contribution in [0.2, 0.25) is 0 Å². The fraction of sp³-hybridized carbons (Fsp3) is 0.467. The number of carboxylic acids is 1. The van der Waals surface area contributed by atoms with Crippen molar-refractivity contribution in [1.29, 1.82) is 5.26 Å². The van der Waals surface area contributed by atoms with Gasteiger partial charge in [-0.05, 0) is 78.8 Å². The lowest BCUT2D eigenvalue weighted by Crippen LogP contribution is -2.38. The van der Waals surface area contributed by atoms with E-state index in [2.05, 4.69) is 41.5 Å². The largest absolute Gasteiger partial charge is 0.573 e. The predicted octanol–water partition coefficient (Wildman–Crippen LogP) is 6.38. The predicted molar refractivity (Wildman–Crippen MR) is 149 cm³/mol. The van der Waals surface area contributed by atoms with Gasteiger partial charge in [0.1, 0.15) is 11.8 Å². The number of carbonyl (C=O) groups is 3. The zero-order valence-electron chi connectivity index (χ0n) is 23.7. The number of ether oxygens (including phenoxy) is 1. The number of amides is 3. The normalized spacial score (nSPS) is 17.8. The molecule has 12 heteroatoms. The second-order valence-electron chi connectivity index (χ2n) is 11.4. The summed E-state index contributed by atoms with van der Waals surface area (Å²) in [5, 5.41) is 26.2. The molecule has 0 spiro atoms. The molecule has 42 heavy (non-hydrogen) atoms. The number of alkyl halides is 3. The smallest absolute Gasteiger partial charge is 0.481 e. The third-order valence-electron chi connectivity index (χ3n) is 7.49. The van der Waals surface area contributed by atoms with Crippen molar-refractivity contribution in [3.05, 3.63) is 59.2 Å². The number of rotatable bonds is 9. The first-order valence-electron chi connectivity index (χ1n) is 13.6. The maximum Gasteiger partial charge on any atom is 0.573 e. The van der Waals surface area contributed by atoms with Crippen molar-refractivity contribution in [3.63, 3.8) is 0 Å². The highest BCUT2D eigenvalue weighted by molar-refractivity contribution is 5.94. The Morgan fingerprint density at radius 1 is 1.05 bits per heavy atom. The standard InChI is InChI=1S/C30H35F3N4O5/c1-29(2,3)22-10-8-19(9-11-22)26(18-4-6-20(7-5-18)27(40)35-15-14-25(38)39)37-28(41)36-23-12-13-24(21(16-23)17-34)42-30(31,32)33/h4-7,12-13,16,19,22,26H,8-11,14-15H2,1-3H3,(H,35,40)(H,38,39)(H2,36,37,41)/t19-,22-,26?. The number of anilines is 1. The Hall–Kier alpha value is -4.27. The van der Waals surface area contributed by atoms with Gasteiger partial charge in [-0.2, -0.15) is 5.26 Å². The van der Waals surface area contributed by atoms with Crippen molar-refractivity contribution in [2.24, 2.45) is 17.3 Å². The topological polar surface area (TPSA) is 141 Å². The van der Waals surface area contributed by atoms with Crippen molar-refractivity contribution in [1.82, 2.24) is 10.6 Å². The van der Waals surface area contributed by atoms with Crippen LogP contribution < -0.4 is 20.7 Å². The van der Waals surface area contributed by atoms with Crippen LogP contribution in [-0.4, -0.2) is 35.9 Å². The molecule has 3 rings (SSSR count). The highest BCUT2D eigenvalue weighted by Crippen LogP contribution is 2.43. The quantitative estimate of drug-likeness (QED) is 0.268. The molecule has 3 amide bonds. The van der Waals surface area contributed by atoms with Crippen LogP contribution in [0.1, 0.15) is 80.4 Å². The van der Waals surface area contributed by atoms with Gasteiger partial charge < -0.3 is 25.8 Å². The van der Waals surface area contributed by atoms with Crippen LogP contribution in [0.25, 0.3) is 0 Å². The maximum atomic E-state index is 13.1. The Balaban J connectivity index is 1.78. The van der Waals surface area contributed by atoms with Gasteiger partial charge in [-0.15, -0.1) is 13.2 Å². The number of carboxylic acid groups (broad SMARTS) is 1. The van der Waals surface area contributed by atoms with Gasteiger partial charge in [0, 0.05) is 17.8 Å². The van der Waals surface area contributed by atoms with Crippen LogP contribution in [0.5, 0.6) is 5.75 Å². The molecule has 1 fully saturated rings. The van der Waals surface area contributed by atoms with Gasteiger partial charge in [-0.25, -0.2) is 4.79 Å². The molecule has 1 atom stereocenters. The van der Waals surface area contributed by atoms with E-state index in [1.807, 2.05) is 0 Å². The minimum atomic E-state index is -4.97. The summed E-state index contributed by atoms with van der Waals surface area (Å²) in [5.74, 6) is -1.49. The second-order valence-corrected chi connectivity index (χ2v) is 11.4. The summed E-state index contributed by atoms with van der Waals surface area (Å²) in [5.41, 5.74) is 0.982. The molecule has 0 aliphatic heterocycles. The minimum absolute atomic E-state index is 0.00584. The number of nitrogens with one attached hydrogen (secondary N) is 3. The Morgan fingerprint density at radius 2 is 1.69 bits per heavy atom. The third-order valence-corrected chi connectivity index (χ3v) is 7.49. The molecule has 0 bridgehead atoms. The number of urea groups is 1. The molecule has 2 aromatic carbocycles. The van der Waals surface area contributed by atoms with Crippen molar-refractivity contribution in [2.75, 3.05) is 11.9 Å². The van der Waals surface area contributed by atoms with E-state index in [4.69, 9.17) is 5.11 Å². The van der Waals surface area contributed by atoms with Crippen LogP contribution in [0, 0.1) is 28.6 Å². The van der Waals surface area contributed by atoms with Crippen molar-refractivity contribution < 1.29 is 37.4 Å². The number of benzene rings is 2. The lowest BCUT2D eigenvalue weighted by Gasteiger charge is -2.39. The van der Waals surface area contributed by atoms with Gasteiger partial charge in [0.15, 0.2) is 0 Å². The molecule has 1 saturated carbocycles. The first kappa shape index (κ1) is 32.2. The summed E-state index contributed by atoms with van der Waals surface area (Å²) in [4.78, 5) is 36.2. The van der Waals surface area contributed by atoms with Crippen LogP contribution >= 0.6 is 0 Å². The van der Waals surface area contributed by atoms with E-state index in [0.29, 0.717) is 11.5 Å². The molecule has 9 nitrogen and oxygen atoms in total. The number of halogens is 3. The maximum absolute atomic E-state index is 13.1. The fourth-order valence-electron chi connectivity index (χ4n) is 5.24. The summed E-state index contributed by atoms with van der Waals surface area (Å²) in [7, 11) is 0. The van der Waals surface area contributed by atoms with E-state index in [0.717, 1.165) is 43.4 Å². The minimum Gasteiger partial charge on any atom is -0.481 e. The first-order chi connectivity index (χ1) is 19.7. The van der Waals surface area contributed by atoms with Gasteiger partial charge in [-0.3, -0.25) is 9.59 Å². The van der Waals surface area contributed by atoms with Gasteiger partial charge in [0.25, 0.3) is 5.91 Å². The number of hydrogen-bond donors (Lipinski definition) is 4. The number of nitrogens with zero attached hydrogens (tertiary/aromatic N) is 1. The highest BCUT2D eigenvalue weighted by atomic mass is 19.4. The van der Waals surface area contributed by atoms with Crippen molar-refractivity contribution in [3.8, 4) is 11.8 Å². The monoisotopic (exact) mass is 588 g/mol. The third kappa shape index (κ3) is 9.39.